The summed E-state index contributed by atoms with van der Waals surface area (Å²) in [6, 6.07) is 25.9. The van der Waals surface area contributed by atoms with Gasteiger partial charge in [0, 0.05) is 0 Å². The predicted molar refractivity (Wildman–Crippen MR) is 125 cm³/mol. The first-order valence-electron chi connectivity index (χ1n) is 10.1. The van der Waals surface area contributed by atoms with Gasteiger partial charge in [0.2, 0.25) is 11.8 Å². The monoisotopic (exact) mass is 430 g/mol. The van der Waals surface area contributed by atoms with E-state index in [1.807, 2.05) is 91.9 Å². The van der Waals surface area contributed by atoms with Crippen molar-refractivity contribution in [2.24, 2.45) is 5.92 Å². The van der Waals surface area contributed by atoms with Crippen LogP contribution in [0.3, 0.4) is 0 Å². The largest absolute Gasteiger partial charge is 0.494 e. The van der Waals surface area contributed by atoms with E-state index in [-0.39, 0.29) is 23.3 Å². The molecule has 0 spiro atoms. The maximum absolute atomic E-state index is 13.5. The molecule has 156 valence electrons. The number of carbonyl (C=O) groups excluding carboxylic acids is 2. The fourth-order valence-corrected chi connectivity index (χ4v) is 4.09. The molecule has 31 heavy (non-hydrogen) atoms. The van der Waals surface area contributed by atoms with Crippen molar-refractivity contribution < 1.29 is 14.3 Å². The van der Waals surface area contributed by atoms with Crippen LogP contribution in [-0.2, 0) is 16.0 Å². The van der Waals surface area contributed by atoms with Crippen molar-refractivity contribution in [2.75, 3.05) is 16.4 Å². The maximum Gasteiger partial charge on any atom is 0.246 e. The molecule has 6 heteroatoms. The second kappa shape index (κ2) is 9.10. The second-order valence-corrected chi connectivity index (χ2v) is 7.46. The van der Waals surface area contributed by atoms with Crippen LogP contribution in [-0.4, -0.2) is 23.5 Å². The summed E-state index contributed by atoms with van der Waals surface area (Å²) in [7, 11) is 0. The molecule has 5 nitrogen and oxygen atoms in total. The number of hydrogen-bond donors (Lipinski definition) is 0. The van der Waals surface area contributed by atoms with E-state index in [9.17, 15) is 9.59 Å². The summed E-state index contributed by atoms with van der Waals surface area (Å²) in [6.45, 7) is 2.40. The van der Waals surface area contributed by atoms with Gasteiger partial charge in [-0.2, -0.15) is 0 Å². The summed E-state index contributed by atoms with van der Waals surface area (Å²) < 4.78 is 5.72. The quantitative estimate of drug-likeness (QED) is 0.423. The van der Waals surface area contributed by atoms with Crippen LogP contribution in [0, 0.1) is 5.92 Å². The Kier molecular flexibility index (Phi) is 6.09. The molecule has 0 unspecified atom stereocenters. The number of hydrogen-bond acceptors (Lipinski definition) is 4. The smallest absolute Gasteiger partial charge is 0.246 e. The Morgan fingerprint density at radius 2 is 1.26 bits per heavy atom. The number of para-hydroxylation sites is 3. The molecule has 0 N–H and O–H groups in total. The number of ether oxygens (including phenoxy) is 1. The van der Waals surface area contributed by atoms with E-state index in [2.05, 4.69) is 0 Å². The van der Waals surface area contributed by atoms with Gasteiger partial charge in [0.05, 0.1) is 18.0 Å². The molecular formula is C25H22N2O3S. The Morgan fingerprint density at radius 3 is 1.77 bits per heavy atom. The summed E-state index contributed by atoms with van der Waals surface area (Å²) >= 11 is 5.64. The lowest BCUT2D eigenvalue weighted by Gasteiger charge is -2.39. The number of amides is 2. The van der Waals surface area contributed by atoms with Crippen LogP contribution in [0.15, 0.2) is 84.9 Å². The summed E-state index contributed by atoms with van der Waals surface area (Å²) in [5.74, 6) is -0.913. The lowest BCUT2D eigenvalue weighted by molar-refractivity contribution is -0.132. The van der Waals surface area contributed by atoms with Crippen molar-refractivity contribution >= 4 is 40.5 Å². The van der Waals surface area contributed by atoms with Crippen molar-refractivity contribution in [3.63, 3.8) is 0 Å². The first kappa shape index (κ1) is 20.8. The molecule has 0 aromatic heterocycles. The van der Waals surface area contributed by atoms with Crippen molar-refractivity contribution in [3.05, 3.63) is 90.5 Å². The molecule has 0 radical (unpaired) electrons. The summed E-state index contributed by atoms with van der Waals surface area (Å²) in [5.41, 5.74) is 2.08. The van der Waals surface area contributed by atoms with Gasteiger partial charge in [-0.1, -0.05) is 54.6 Å². The van der Waals surface area contributed by atoms with Crippen molar-refractivity contribution in [2.45, 2.75) is 13.3 Å². The standard InChI is InChI=1S/C25H22N2O3S/c1-2-30-22-16-10-9-11-18(22)17-21-23(28)26(19-12-5-3-6-13-19)25(31)27(24(21)29)20-14-7-4-8-15-20/h3-16,21H,2,17H2,1H3. The molecule has 0 bridgehead atoms. The van der Waals surface area contributed by atoms with Crippen LogP contribution >= 0.6 is 12.2 Å². The second-order valence-electron chi connectivity index (χ2n) is 7.10. The van der Waals surface area contributed by atoms with Crippen LogP contribution < -0.4 is 14.5 Å². The molecule has 0 aliphatic carbocycles. The van der Waals surface area contributed by atoms with E-state index in [1.165, 1.54) is 9.80 Å². The minimum absolute atomic E-state index is 0.154. The summed E-state index contributed by atoms with van der Waals surface area (Å²) in [4.78, 5) is 30.0. The van der Waals surface area contributed by atoms with Gasteiger partial charge in [-0.05, 0) is 61.5 Å². The van der Waals surface area contributed by atoms with Crippen molar-refractivity contribution in [3.8, 4) is 5.75 Å². The summed E-state index contributed by atoms with van der Waals surface area (Å²) in [5, 5.41) is 0.154. The van der Waals surface area contributed by atoms with E-state index in [1.54, 1.807) is 0 Å². The minimum Gasteiger partial charge on any atom is -0.494 e. The molecule has 0 saturated carbocycles. The molecule has 4 rings (SSSR count). The molecule has 3 aromatic carbocycles. The fourth-order valence-electron chi connectivity index (χ4n) is 3.70. The van der Waals surface area contributed by atoms with Gasteiger partial charge >= 0.3 is 0 Å². The van der Waals surface area contributed by atoms with Crippen molar-refractivity contribution in [1.82, 2.24) is 0 Å². The van der Waals surface area contributed by atoms with Crippen LogP contribution in [0.1, 0.15) is 12.5 Å². The topological polar surface area (TPSA) is 49.9 Å². The third kappa shape index (κ3) is 4.07. The number of benzene rings is 3. The molecular weight excluding hydrogens is 408 g/mol. The zero-order valence-electron chi connectivity index (χ0n) is 17.1. The zero-order chi connectivity index (χ0) is 21.8. The molecule has 3 aromatic rings. The lowest BCUT2D eigenvalue weighted by Crippen LogP contribution is -2.60. The van der Waals surface area contributed by atoms with Crippen LogP contribution in [0.25, 0.3) is 0 Å². The van der Waals surface area contributed by atoms with Gasteiger partial charge < -0.3 is 4.74 Å². The van der Waals surface area contributed by atoms with E-state index < -0.39 is 5.92 Å². The van der Waals surface area contributed by atoms with Gasteiger partial charge in [-0.15, -0.1) is 0 Å². The minimum atomic E-state index is -0.922. The Morgan fingerprint density at radius 1 is 0.774 bits per heavy atom. The number of thiocarbonyl (C=S) groups is 1. The van der Waals surface area contributed by atoms with Crippen LogP contribution in [0.4, 0.5) is 11.4 Å². The zero-order valence-corrected chi connectivity index (χ0v) is 17.9. The lowest BCUT2D eigenvalue weighted by atomic mass is 9.93. The Balaban J connectivity index is 1.78. The van der Waals surface area contributed by atoms with E-state index in [4.69, 9.17) is 17.0 Å². The maximum atomic E-state index is 13.5. The molecule has 1 saturated heterocycles. The number of anilines is 2. The highest BCUT2D eigenvalue weighted by atomic mass is 32.1. The predicted octanol–water partition coefficient (Wildman–Crippen LogP) is 4.61. The molecule has 1 aliphatic rings. The molecule has 1 aliphatic heterocycles. The highest BCUT2D eigenvalue weighted by Crippen LogP contribution is 2.32. The Labute approximate surface area is 186 Å². The molecule has 1 heterocycles. The molecule has 2 amide bonds. The average Bonchev–Trinajstić information content (AvgIpc) is 2.79. The van der Waals surface area contributed by atoms with Crippen LogP contribution in [0.2, 0.25) is 0 Å². The fraction of sp³-hybridized carbons (Fsp3) is 0.160. The normalized spacial score (nSPS) is 14.8. The Bertz CT molecular complexity index is 1040. The third-order valence-electron chi connectivity index (χ3n) is 5.14. The van der Waals surface area contributed by atoms with E-state index in [0.29, 0.717) is 23.7 Å². The first-order valence-corrected chi connectivity index (χ1v) is 10.6. The third-order valence-corrected chi connectivity index (χ3v) is 5.51. The van der Waals surface area contributed by atoms with E-state index >= 15 is 0 Å². The van der Waals surface area contributed by atoms with Gasteiger partial charge in [0.25, 0.3) is 0 Å². The van der Waals surface area contributed by atoms with Gasteiger partial charge in [-0.3, -0.25) is 19.4 Å². The number of rotatable bonds is 6. The number of nitrogens with zero attached hydrogens (tertiary/aromatic N) is 2. The highest BCUT2D eigenvalue weighted by molar-refractivity contribution is 7.81. The van der Waals surface area contributed by atoms with E-state index in [0.717, 1.165) is 5.56 Å². The van der Waals surface area contributed by atoms with Gasteiger partial charge in [-0.25, -0.2) is 0 Å². The van der Waals surface area contributed by atoms with Crippen molar-refractivity contribution in [1.29, 1.82) is 0 Å². The Hall–Kier alpha value is -3.51. The SMILES string of the molecule is CCOc1ccccc1CC1C(=O)N(c2ccccc2)C(=S)N(c2ccccc2)C1=O. The van der Waals surface area contributed by atoms with Crippen LogP contribution in [0.5, 0.6) is 5.75 Å². The molecule has 0 atom stereocenters. The summed E-state index contributed by atoms with van der Waals surface area (Å²) in [6.07, 6.45) is 0.225. The van der Waals surface area contributed by atoms with Gasteiger partial charge in [0.1, 0.15) is 11.7 Å². The molecule has 1 fully saturated rings. The highest BCUT2D eigenvalue weighted by Gasteiger charge is 2.45. The number of carbonyl (C=O) groups is 2. The average molecular weight is 431 g/mol. The first-order chi connectivity index (χ1) is 15.1. The van der Waals surface area contributed by atoms with Gasteiger partial charge in [0.15, 0.2) is 5.11 Å².